The first-order chi connectivity index (χ1) is 12.0. The molecule has 1 aliphatic heterocycles. The van der Waals surface area contributed by atoms with E-state index in [1.54, 1.807) is 36.4 Å². The summed E-state index contributed by atoms with van der Waals surface area (Å²) in [5, 5.41) is 6.40. The van der Waals surface area contributed by atoms with Crippen molar-refractivity contribution in [3.63, 3.8) is 0 Å². The van der Waals surface area contributed by atoms with Gasteiger partial charge < -0.3 is 10.6 Å². The Morgan fingerprint density at radius 1 is 0.920 bits per heavy atom. The van der Waals surface area contributed by atoms with E-state index in [0.717, 1.165) is 0 Å². The van der Waals surface area contributed by atoms with Crippen LogP contribution in [0, 0.1) is 0 Å². The molecule has 25 heavy (non-hydrogen) atoms. The van der Waals surface area contributed by atoms with Gasteiger partial charge in [-0.1, -0.05) is 23.7 Å². The number of hydrogen-bond acceptors (Lipinski definition) is 6. The van der Waals surface area contributed by atoms with Gasteiger partial charge in [0.25, 0.3) is 10.0 Å². The number of nitrogens with zero attached hydrogens (tertiary/aromatic N) is 2. The van der Waals surface area contributed by atoms with Crippen LogP contribution < -0.4 is 15.4 Å². The molecular formula is C16H12ClN5O2S. The highest BCUT2D eigenvalue weighted by Crippen LogP contribution is 2.28. The van der Waals surface area contributed by atoms with Crippen LogP contribution in [0.5, 0.6) is 0 Å². The summed E-state index contributed by atoms with van der Waals surface area (Å²) in [6.07, 6.45) is 1.47. The molecule has 0 saturated heterocycles. The van der Waals surface area contributed by atoms with Gasteiger partial charge in [0.1, 0.15) is 5.02 Å². The van der Waals surface area contributed by atoms with E-state index in [-0.39, 0.29) is 4.90 Å². The lowest BCUT2D eigenvalue weighted by molar-refractivity contribution is 0.601. The van der Waals surface area contributed by atoms with E-state index in [1.165, 1.54) is 18.3 Å². The van der Waals surface area contributed by atoms with Crippen LogP contribution in [0.1, 0.15) is 0 Å². The first-order valence-corrected chi connectivity index (χ1v) is 9.15. The van der Waals surface area contributed by atoms with Gasteiger partial charge in [0.2, 0.25) is 5.95 Å². The Balaban J connectivity index is 1.92. The average molecular weight is 374 g/mol. The van der Waals surface area contributed by atoms with Crippen LogP contribution in [-0.4, -0.2) is 18.4 Å². The Hall–Kier alpha value is -2.84. The number of anilines is 5. The Labute approximate surface area is 149 Å². The van der Waals surface area contributed by atoms with Crippen molar-refractivity contribution in [1.82, 2.24) is 9.97 Å². The van der Waals surface area contributed by atoms with Crippen LogP contribution >= 0.6 is 11.6 Å². The Morgan fingerprint density at radius 2 is 1.64 bits per heavy atom. The summed E-state index contributed by atoms with van der Waals surface area (Å²) in [6, 6.07) is 13.2. The molecule has 0 spiro atoms. The van der Waals surface area contributed by atoms with Crippen molar-refractivity contribution in [2.75, 3.05) is 15.4 Å². The number of fused-ring (bicyclic) bond motifs is 6. The molecule has 0 fully saturated rings. The van der Waals surface area contributed by atoms with Gasteiger partial charge in [0, 0.05) is 11.4 Å². The highest BCUT2D eigenvalue weighted by molar-refractivity contribution is 7.92. The number of rotatable bonds is 0. The van der Waals surface area contributed by atoms with Crippen molar-refractivity contribution in [1.29, 1.82) is 0 Å². The fourth-order valence-corrected chi connectivity index (χ4v) is 3.63. The van der Waals surface area contributed by atoms with Crippen LogP contribution in [0.4, 0.5) is 28.8 Å². The topological polar surface area (TPSA) is 96.0 Å². The quantitative estimate of drug-likeness (QED) is 0.555. The van der Waals surface area contributed by atoms with Gasteiger partial charge in [-0.05, 0) is 36.4 Å². The zero-order valence-electron chi connectivity index (χ0n) is 12.7. The number of halogens is 1. The van der Waals surface area contributed by atoms with Gasteiger partial charge in [-0.2, -0.15) is 4.98 Å². The molecule has 1 aromatic heterocycles. The highest BCUT2D eigenvalue weighted by Gasteiger charge is 2.16. The number of aromatic nitrogens is 2. The second kappa shape index (κ2) is 5.91. The van der Waals surface area contributed by atoms with E-state index in [4.69, 9.17) is 11.6 Å². The van der Waals surface area contributed by atoms with Crippen LogP contribution in [0.2, 0.25) is 5.02 Å². The standard InChI is InChI=1S/C16H12ClN5O2S/c17-14-9-18-16-20-11-4-2-6-13(8-11)25(23,24)22-12-5-1-3-10(7-12)19-15(14)21-16/h1-9,22H,(H2,18,19,20,21). The minimum absolute atomic E-state index is 0.129. The van der Waals surface area contributed by atoms with Crippen LogP contribution in [0.25, 0.3) is 0 Å². The normalized spacial score (nSPS) is 14.6. The molecule has 0 saturated carbocycles. The molecule has 3 aromatic rings. The predicted molar refractivity (Wildman–Crippen MR) is 97.3 cm³/mol. The summed E-state index contributed by atoms with van der Waals surface area (Å²) in [5.41, 5.74) is 1.60. The van der Waals surface area contributed by atoms with E-state index in [1.807, 2.05) is 0 Å². The van der Waals surface area contributed by atoms with Gasteiger partial charge in [-0.25, -0.2) is 13.4 Å². The van der Waals surface area contributed by atoms with Gasteiger partial charge in [-0.3, -0.25) is 4.72 Å². The van der Waals surface area contributed by atoms with Crippen molar-refractivity contribution < 1.29 is 8.42 Å². The molecule has 0 aliphatic carbocycles. The third-order valence-electron chi connectivity index (χ3n) is 3.52. The third kappa shape index (κ3) is 3.21. The highest BCUT2D eigenvalue weighted by atomic mass is 35.5. The fraction of sp³-hybridized carbons (Fsp3) is 0. The lowest BCUT2D eigenvalue weighted by Crippen LogP contribution is -2.13. The molecule has 0 unspecified atom stereocenters. The zero-order chi connectivity index (χ0) is 17.4. The summed E-state index contributed by atoms with van der Waals surface area (Å²) in [4.78, 5) is 8.59. The van der Waals surface area contributed by atoms with E-state index >= 15 is 0 Å². The number of sulfonamides is 1. The molecule has 0 amide bonds. The largest absolute Gasteiger partial charge is 0.339 e. The summed E-state index contributed by atoms with van der Waals surface area (Å²) >= 11 is 6.15. The molecule has 2 aromatic carbocycles. The summed E-state index contributed by atoms with van der Waals surface area (Å²) < 4.78 is 27.8. The third-order valence-corrected chi connectivity index (χ3v) is 5.18. The molecule has 126 valence electrons. The van der Waals surface area contributed by atoms with Gasteiger partial charge >= 0.3 is 0 Å². The van der Waals surface area contributed by atoms with E-state index < -0.39 is 10.0 Å². The molecule has 3 N–H and O–H groups in total. The monoisotopic (exact) mass is 373 g/mol. The van der Waals surface area contributed by atoms with E-state index in [0.29, 0.717) is 33.9 Å². The summed E-state index contributed by atoms with van der Waals surface area (Å²) in [7, 11) is -3.73. The molecule has 0 atom stereocenters. The van der Waals surface area contributed by atoms with E-state index in [9.17, 15) is 8.42 Å². The van der Waals surface area contributed by atoms with Crippen LogP contribution in [0.3, 0.4) is 0 Å². The van der Waals surface area contributed by atoms with Crippen molar-refractivity contribution in [3.05, 3.63) is 59.8 Å². The molecule has 1 aliphatic rings. The Bertz CT molecular complexity index is 1070. The summed E-state index contributed by atoms with van der Waals surface area (Å²) in [5.74, 6) is 0.708. The van der Waals surface area contributed by atoms with Gasteiger partial charge in [0.15, 0.2) is 5.82 Å². The van der Waals surface area contributed by atoms with Crippen molar-refractivity contribution in [2.24, 2.45) is 0 Å². The van der Waals surface area contributed by atoms with Crippen molar-refractivity contribution in [2.45, 2.75) is 4.90 Å². The Kier molecular flexibility index (Phi) is 3.70. The summed E-state index contributed by atoms with van der Waals surface area (Å²) in [6.45, 7) is 0. The molecule has 2 heterocycles. The lowest BCUT2D eigenvalue weighted by atomic mass is 10.3. The SMILES string of the molecule is O=S1(=O)Nc2cccc(c2)Nc2nc(ncc2Cl)Nc2cccc1c2. The Morgan fingerprint density at radius 3 is 2.48 bits per heavy atom. The second-order valence-corrected chi connectivity index (χ2v) is 7.44. The molecule has 7 nitrogen and oxygen atoms in total. The van der Waals surface area contributed by atoms with Crippen LogP contribution in [-0.2, 0) is 10.0 Å². The fourth-order valence-electron chi connectivity index (χ4n) is 2.40. The van der Waals surface area contributed by atoms with Gasteiger partial charge in [-0.15, -0.1) is 0 Å². The first kappa shape index (κ1) is 15.7. The van der Waals surface area contributed by atoms with E-state index in [2.05, 4.69) is 25.3 Å². The molecular weight excluding hydrogens is 362 g/mol. The minimum atomic E-state index is -3.73. The first-order valence-electron chi connectivity index (χ1n) is 7.29. The lowest BCUT2D eigenvalue weighted by Gasteiger charge is -2.10. The molecule has 4 rings (SSSR count). The molecule has 6 bridgehead atoms. The zero-order valence-corrected chi connectivity index (χ0v) is 14.3. The molecule has 9 heteroatoms. The average Bonchev–Trinajstić information content (AvgIpc) is 2.58. The number of hydrogen-bond donors (Lipinski definition) is 3. The minimum Gasteiger partial charge on any atom is -0.339 e. The number of nitrogens with one attached hydrogen (secondary N) is 3. The van der Waals surface area contributed by atoms with Crippen molar-refractivity contribution in [3.8, 4) is 0 Å². The maximum Gasteiger partial charge on any atom is 0.261 e. The van der Waals surface area contributed by atoms with Crippen molar-refractivity contribution >= 4 is 50.5 Å². The maximum atomic E-state index is 12.6. The van der Waals surface area contributed by atoms with Gasteiger partial charge in [0.05, 0.1) is 16.8 Å². The predicted octanol–water partition coefficient (Wildman–Crippen LogP) is 3.73. The smallest absolute Gasteiger partial charge is 0.261 e. The van der Waals surface area contributed by atoms with Crippen LogP contribution in [0.15, 0.2) is 59.6 Å². The second-order valence-electron chi connectivity index (χ2n) is 5.35. The number of benzene rings is 2. The maximum absolute atomic E-state index is 12.6. The molecule has 0 radical (unpaired) electrons.